The summed E-state index contributed by atoms with van der Waals surface area (Å²) in [6.07, 6.45) is 3.82. The van der Waals surface area contributed by atoms with Gasteiger partial charge < -0.3 is 16.0 Å². The van der Waals surface area contributed by atoms with Crippen LogP contribution in [0.4, 0.5) is 5.82 Å². The number of rotatable bonds is 4. The van der Waals surface area contributed by atoms with E-state index in [2.05, 4.69) is 22.4 Å². The zero-order chi connectivity index (χ0) is 17.1. The molecule has 1 aromatic carbocycles. The number of hydrogen-bond donors (Lipinski definition) is 2. The molecule has 144 valence electrons. The molecule has 26 heavy (non-hydrogen) atoms. The maximum Gasteiger partial charge on any atom is 0.223 e. The molecule has 0 spiro atoms. The third-order valence-electron chi connectivity index (χ3n) is 4.79. The molecule has 7 heteroatoms. The number of hydrogen-bond acceptors (Lipinski definition) is 4. The van der Waals surface area contributed by atoms with Gasteiger partial charge in [-0.1, -0.05) is 24.6 Å². The van der Waals surface area contributed by atoms with Crippen LogP contribution in [0.2, 0.25) is 0 Å². The van der Waals surface area contributed by atoms with Crippen LogP contribution >= 0.6 is 24.8 Å². The molecular formula is C19H28Cl2N4O. The van der Waals surface area contributed by atoms with E-state index in [0.29, 0.717) is 6.54 Å². The van der Waals surface area contributed by atoms with Crippen molar-refractivity contribution in [1.82, 2.24) is 10.3 Å². The summed E-state index contributed by atoms with van der Waals surface area (Å²) in [4.78, 5) is 19.1. The quantitative estimate of drug-likeness (QED) is 0.828. The average Bonchev–Trinajstić information content (AvgIpc) is 2.59. The van der Waals surface area contributed by atoms with Crippen LogP contribution in [0, 0.1) is 5.92 Å². The van der Waals surface area contributed by atoms with Crippen molar-refractivity contribution in [1.29, 1.82) is 0 Å². The van der Waals surface area contributed by atoms with Crippen molar-refractivity contribution in [3.63, 3.8) is 0 Å². The van der Waals surface area contributed by atoms with Crippen molar-refractivity contribution in [3.05, 3.63) is 35.9 Å². The summed E-state index contributed by atoms with van der Waals surface area (Å²) in [5.74, 6) is 1.07. The molecule has 2 atom stereocenters. The number of fused-ring (bicyclic) bond motifs is 1. The van der Waals surface area contributed by atoms with Crippen molar-refractivity contribution in [2.75, 3.05) is 19.0 Å². The molecule has 0 bridgehead atoms. The molecule has 1 amide bonds. The van der Waals surface area contributed by atoms with Crippen LogP contribution in [0.15, 0.2) is 30.3 Å². The summed E-state index contributed by atoms with van der Waals surface area (Å²) in [5, 5.41) is 4.19. The SMILES string of the molecule is CN(C)c1cc(CNC(=O)C2CCCC(N)C2)c2ccccc2n1.Cl.Cl. The van der Waals surface area contributed by atoms with Crippen LogP contribution in [0.25, 0.3) is 10.9 Å². The Morgan fingerprint density at radius 3 is 2.69 bits per heavy atom. The Morgan fingerprint density at radius 2 is 2.00 bits per heavy atom. The van der Waals surface area contributed by atoms with Gasteiger partial charge in [0.2, 0.25) is 5.91 Å². The molecule has 0 radical (unpaired) electrons. The Labute approximate surface area is 167 Å². The molecule has 3 N–H and O–H groups in total. The van der Waals surface area contributed by atoms with Gasteiger partial charge in [-0.15, -0.1) is 24.8 Å². The Balaban J connectivity index is 0.00000169. The van der Waals surface area contributed by atoms with E-state index < -0.39 is 0 Å². The maximum atomic E-state index is 12.5. The minimum atomic E-state index is 0. The van der Waals surface area contributed by atoms with Crippen molar-refractivity contribution in [2.24, 2.45) is 11.7 Å². The van der Waals surface area contributed by atoms with Gasteiger partial charge in [0.15, 0.2) is 0 Å². The number of para-hydroxylation sites is 1. The van der Waals surface area contributed by atoms with Gasteiger partial charge in [-0.25, -0.2) is 4.98 Å². The zero-order valence-corrected chi connectivity index (χ0v) is 16.9. The number of nitrogens with one attached hydrogen (secondary N) is 1. The van der Waals surface area contributed by atoms with Crippen molar-refractivity contribution in [2.45, 2.75) is 38.3 Å². The van der Waals surface area contributed by atoms with Crippen LogP contribution in [-0.2, 0) is 11.3 Å². The second kappa shape index (κ2) is 9.95. The summed E-state index contributed by atoms with van der Waals surface area (Å²) in [6, 6.07) is 10.3. The molecule has 1 fully saturated rings. The van der Waals surface area contributed by atoms with Gasteiger partial charge in [-0.3, -0.25) is 4.79 Å². The van der Waals surface area contributed by atoms with Crippen LogP contribution in [0.1, 0.15) is 31.2 Å². The van der Waals surface area contributed by atoms with E-state index in [-0.39, 0.29) is 42.7 Å². The van der Waals surface area contributed by atoms with Gasteiger partial charge in [0.25, 0.3) is 0 Å². The summed E-state index contributed by atoms with van der Waals surface area (Å²) in [6.45, 7) is 0.522. The third-order valence-corrected chi connectivity index (χ3v) is 4.79. The summed E-state index contributed by atoms with van der Waals surface area (Å²) in [7, 11) is 3.95. The minimum Gasteiger partial charge on any atom is -0.363 e. The molecule has 1 aliphatic rings. The second-order valence-corrected chi connectivity index (χ2v) is 6.89. The fourth-order valence-corrected chi connectivity index (χ4v) is 3.40. The van der Waals surface area contributed by atoms with Crippen LogP contribution < -0.4 is 16.0 Å². The first-order valence-electron chi connectivity index (χ1n) is 8.64. The van der Waals surface area contributed by atoms with Crippen LogP contribution in [0.5, 0.6) is 0 Å². The number of carbonyl (C=O) groups excluding carboxylic acids is 1. The predicted molar refractivity (Wildman–Crippen MR) is 112 cm³/mol. The average molecular weight is 399 g/mol. The van der Waals surface area contributed by atoms with Crippen molar-refractivity contribution < 1.29 is 4.79 Å². The lowest BCUT2D eigenvalue weighted by atomic mass is 9.85. The van der Waals surface area contributed by atoms with E-state index in [1.807, 2.05) is 37.2 Å². The van der Waals surface area contributed by atoms with E-state index in [0.717, 1.165) is 48.0 Å². The zero-order valence-electron chi connectivity index (χ0n) is 15.3. The summed E-state index contributed by atoms with van der Waals surface area (Å²) in [5.41, 5.74) is 8.05. The lowest BCUT2D eigenvalue weighted by Crippen LogP contribution is -2.37. The lowest BCUT2D eigenvalue weighted by Gasteiger charge is -2.25. The number of nitrogens with two attached hydrogens (primary N) is 1. The molecule has 1 aliphatic carbocycles. The molecule has 0 aliphatic heterocycles. The fourth-order valence-electron chi connectivity index (χ4n) is 3.40. The molecular weight excluding hydrogens is 371 g/mol. The topological polar surface area (TPSA) is 71.2 Å². The molecule has 2 aromatic rings. The number of carbonyl (C=O) groups is 1. The number of benzene rings is 1. The summed E-state index contributed by atoms with van der Waals surface area (Å²) >= 11 is 0. The second-order valence-electron chi connectivity index (χ2n) is 6.89. The molecule has 5 nitrogen and oxygen atoms in total. The number of anilines is 1. The van der Waals surface area contributed by atoms with Gasteiger partial charge in [0.05, 0.1) is 5.52 Å². The molecule has 1 heterocycles. The lowest BCUT2D eigenvalue weighted by molar-refractivity contribution is -0.126. The van der Waals surface area contributed by atoms with Gasteiger partial charge in [0.1, 0.15) is 5.82 Å². The number of halogens is 2. The third kappa shape index (κ3) is 5.22. The fraction of sp³-hybridized carbons (Fsp3) is 0.474. The van der Waals surface area contributed by atoms with Gasteiger partial charge in [0, 0.05) is 38.0 Å². The normalized spacial score (nSPS) is 19.2. The molecule has 1 aromatic heterocycles. The number of nitrogens with zero attached hydrogens (tertiary/aromatic N) is 2. The van der Waals surface area contributed by atoms with E-state index >= 15 is 0 Å². The first-order chi connectivity index (χ1) is 11.5. The highest BCUT2D eigenvalue weighted by atomic mass is 35.5. The highest BCUT2D eigenvalue weighted by molar-refractivity contribution is 5.86. The Kier molecular flexibility index (Phi) is 8.60. The van der Waals surface area contributed by atoms with Crippen LogP contribution in [0.3, 0.4) is 0 Å². The van der Waals surface area contributed by atoms with Gasteiger partial charge in [-0.05, 0) is 37.0 Å². The first-order valence-corrected chi connectivity index (χ1v) is 8.64. The van der Waals surface area contributed by atoms with Gasteiger partial charge >= 0.3 is 0 Å². The predicted octanol–water partition coefficient (Wildman–Crippen LogP) is 3.28. The largest absolute Gasteiger partial charge is 0.363 e. The molecule has 1 saturated carbocycles. The van der Waals surface area contributed by atoms with Crippen LogP contribution in [-0.4, -0.2) is 31.0 Å². The highest BCUT2D eigenvalue weighted by Crippen LogP contribution is 2.25. The minimum absolute atomic E-state index is 0. The van der Waals surface area contributed by atoms with E-state index in [9.17, 15) is 4.79 Å². The molecule has 3 rings (SSSR count). The van der Waals surface area contributed by atoms with E-state index in [1.165, 1.54) is 0 Å². The first kappa shape index (κ1) is 22.5. The molecule has 0 saturated heterocycles. The monoisotopic (exact) mass is 398 g/mol. The van der Waals surface area contributed by atoms with E-state index in [1.54, 1.807) is 0 Å². The summed E-state index contributed by atoms with van der Waals surface area (Å²) < 4.78 is 0. The number of pyridine rings is 1. The Bertz CT molecular complexity index is 739. The number of amides is 1. The van der Waals surface area contributed by atoms with E-state index in [4.69, 9.17) is 5.73 Å². The smallest absolute Gasteiger partial charge is 0.223 e. The van der Waals surface area contributed by atoms with Crippen molar-refractivity contribution >= 4 is 47.4 Å². The number of aromatic nitrogens is 1. The molecule has 2 unspecified atom stereocenters. The maximum absolute atomic E-state index is 12.5. The highest BCUT2D eigenvalue weighted by Gasteiger charge is 2.25. The van der Waals surface area contributed by atoms with Gasteiger partial charge in [-0.2, -0.15) is 0 Å². The Morgan fingerprint density at radius 1 is 1.27 bits per heavy atom. The van der Waals surface area contributed by atoms with Crippen molar-refractivity contribution in [3.8, 4) is 0 Å². The standard InChI is InChI=1S/C19H26N4O.2ClH/c1-23(2)18-11-14(16-8-3-4-9-17(16)22-18)12-21-19(24)13-6-5-7-15(20)10-13;;/h3-4,8-9,11,13,15H,5-7,10,12,20H2,1-2H3,(H,21,24);2*1H. The Hall–Kier alpha value is -1.56.